The fraction of sp³-hybridized carbons (Fsp3) is 0.571. The molecule has 18 heavy (non-hydrogen) atoms. The van der Waals surface area contributed by atoms with E-state index < -0.39 is 0 Å². The van der Waals surface area contributed by atoms with Gasteiger partial charge in [-0.25, -0.2) is 0 Å². The van der Waals surface area contributed by atoms with E-state index in [1.807, 2.05) is 18.2 Å². The van der Waals surface area contributed by atoms with Crippen molar-refractivity contribution >= 4 is 0 Å². The molecular weight excluding hydrogens is 228 g/mol. The standard InChI is InChI=1S/C14H22N2O2/c1-17-13-4-3-11(14(7-13)18-2)9-16-8-10-5-12(15)6-10/h3-4,7,10,12,16H,5-6,8-9,15H2,1-2H3. The van der Waals surface area contributed by atoms with E-state index in [2.05, 4.69) is 5.32 Å². The molecule has 0 aliphatic heterocycles. The number of rotatable bonds is 6. The summed E-state index contributed by atoms with van der Waals surface area (Å²) >= 11 is 0. The smallest absolute Gasteiger partial charge is 0.127 e. The molecule has 0 heterocycles. The summed E-state index contributed by atoms with van der Waals surface area (Å²) < 4.78 is 10.5. The van der Waals surface area contributed by atoms with Crippen molar-refractivity contribution in [3.8, 4) is 11.5 Å². The maximum Gasteiger partial charge on any atom is 0.127 e. The maximum absolute atomic E-state index is 5.77. The van der Waals surface area contributed by atoms with Gasteiger partial charge in [0.25, 0.3) is 0 Å². The van der Waals surface area contributed by atoms with Crippen LogP contribution >= 0.6 is 0 Å². The molecule has 0 spiro atoms. The lowest BCUT2D eigenvalue weighted by atomic mass is 9.81. The summed E-state index contributed by atoms with van der Waals surface area (Å²) in [6.45, 7) is 1.85. The molecule has 1 aromatic carbocycles. The van der Waals surface area contributed by atoms with Crippen molar-refractivity contribution in [2.24, 2.45) is 11.7 Å². The summed E-state index contributed by atoms with van der Waals surface area (Å²) in [5, 5.41) is 3.46. The van der Waals surface area contributed by atoms with E-state index in [9.17, 15) is 0 Å². The zero-order valence-electron chi connectivity index (χ0n) is 11.1. The molecule has 4 nitrogen and oxygen atoms in total. The highest BCUT2D eigenvalue weighted by Crippen LogP contribution is 2.26. The monoisotopic (exact) mass is 250 g/mol. The molecule has 3 N–H and O–H groups in total. The van der Waals surface area contributed by atoms with Crippen molar-refractivity contribution in [2.45, 2.75) is 25.4 Å². The van der Waals surface area contributed by atoms with Crippen molar-refractivity contribution in [1.82, 2.24) is 5.32 Å². The summed E-state index contributed by atoms with van der Waals surface area (Å²) in [7, 11) is 3.34. The van der Waals surface area contributed by atoms with E-state index in [-0.39, 0.29) is 0 Å². The van der Waals surface area contributed by atoms with E-state index in [0.29, 0.717) is 6.04 Å². The molecule has 2 rings (SSSR count). The Morgan fingerprint density at radius 3 is 2.67 bits per heavy atom. The third kappa shape index (κ3) is 3.15. The third-order valence-electron chi connectivity index (χ3n) is 3.51. The first-order valence-corrected chi connectivity index (χ1v) is 6.40. The molecule has 0 bridgehead atoms. The molecule has 0 aromatic heterocycles. The van der Waals surface area contributed by atoms with Crippen LogP contribution in [0.4, 0.5) is 0 Å². The summed E-state index contributed by atoms with van der Waals surface area (Å²) in [6.07, 6.45) is 2.29. The van der Waals surface area contributed by atoms with Crippen molar-refractivity contribution in [2.75, 3.05) is 20.8 Å². The first-order valence-electron chi connectivity index (χ1n) is 6.40. The molecule has 0 unspecified atom stereocenters. The van der Waals surface area contributed by atoms with E-state index in [0.717, 1.165) is 48.9 Å². The van der Waals surface area contributed by atoms with Crippen molar-refractivity contribution in [1.29, 1.82) is 0 Å². The van der Waals surface area contributed by atoms with Crippen LogP contribution in [0, 0.1) is 5.92 Å². The zero-order chi connectivity index (χ0) is 13.0. The molecular formula is C14H22N2O2. The van der Waals surface area contributed by atoms with Crippen LogP contribution in [-0.4, -0.2) is 26.8 Å². The van der Waals surface area contributed by atoms with Gasteiger partial charge >= 0.3 is 0 Å². The quantitative estimate of drug-likeness (QED) is 0.804. The van der Waals surface area contributed by atoms with Gasteiger partial charge in [-0.1, -0.05) is 6.07 Å². The molecule has 1 fully saturated rings. The van der Waals surface area contributed by atoms with Gasteiger partial charge in [-0.05, 0) is 31.4 Å². The fourth-order valence-corrected chi connectivity index (χ4v) is 2.36. The number of hydrogen-bond donors (Lipinski definition) is 2. The van der Waals surface area contributed by atoms with Gasteiger partial charge in [0.1, 0.15) is 11.5 Å². The summed E-state index contributed by atoms with van der Waals surface area (Å²) in [5.74, 6) is 2.43. The second-order valence-electron chi connectivity index (χ2n) is 4.91. The fourth-order valence-electron chi connectivity index (χ4n) is 2.36. The van der Waals surface area contributed by atoms with Crippen LogP contribution in [-0.2, 0) is 6.54 Å². The van der Waals surface area contributed by atoms with Gasteiger partial charge in [0, 0.05) is 24.2 Å². The molecule has 1 aliphatic carbocycles. The summed E-state index contributed by atoms with van der Waals surface area (Å²) in [4.78, 5) is 0. The first kappa shape index (κ1) is 13.2. The molecule has 0 radical (unpaired) electrons. The van der Waals surface area contributed by atoms with Crippen LogP contribution in [0.25, 0.3) is 0 Å². The predicted molar refractivity (Wildman–Crippen MR) is 72.0 cm³/mol. The Labute approximate surface area is 108 Å². The number of benzene rings is 1. The van der Waals surface area contributed by atoms with Crippen LogP contribution in [0.2, 0.25) is 0 Å². The van der Waals surface area contributed by atoms with E-state index >= 15 is 0 Å². The molecule has 1 aromatic rings. The van der Waals surface area contributed by atoms with E-state index in [1.54, 1.807) is 14.2 Å². The lowest BCUT2D eigenvalue weighted by Gasteiger charge is -2.32. The normalized spacial score (nSPS) is 22.4. The largest absolute Gasteiger partial charge is 0.497 e. The van der Waals surface area contributed by atoms with Gasteiger partial charge in [-0.15, -0.1) is 0 Å². The Hall–Kier alpha value is -1.26. The van der Waals surface area contributed by atoms with Gasteiger partial charge in [-0.2, -0.15) is 0 Å². The second kappa shape index (κ2) is 6.07. The van der Waals surface area contributed by atoms with Crippen molar-refractivity contribution in [3.05, 3.63) is 23.8 Å². The van der Waals surface area contributed by atoms with Gasteiger partial charge in [0.2, 0.25) is 0 Å². The Bertz CT molecular complexity index is 389. The number of ether oxygens (including phenoxy) is 2. The van der Waals surface area contributed by atoms with Gasteiger partial charge in [0.05, 0.1) is 14.2 Å². The Balaban J connectivity index is 1.84. The highest BCUT2D eigenvalue weighted by atomic mass is 16.5. The van der Waals surface area contributed by atoms with Gasteiger partial charge in [-0.3, -0.25) is 0 Å². The molecule has 1 saturated carbocycles. The average Bonchev–Trinajstić information content (AvgIpc) is 2.36. The number of methoxy groups -OCH3 is 2. The van der Waals surface area contributed by atoms with Gasteiger partial charge in [0.15, 0.2) is 0 Å². The SMILES string of the molecule is COc1ccc(CNCC2CC(N)C2)c(OC)c1. The number of hydrogen-bond acceptors (Lipinski definition) is 4. The molecule has 0 saturated heterocycles. The molecule has 4 heteroatoms. The average molecular weight is 250 g/mol. The predicted octanol–water partition coefficient (Wildman–Crippen LogP) is 1.53. The Morgan fingerprint density at radius 1 is 1.28 bits per heavy atom. The molecule has 0 atom stereocenters. The highest BCUT2D eigenvalue weighted by Gasteiger charge is 2.25. The first-order chi connectivity index (χ1) is 8.72. The van der Waals surface area contributed by atoms with Crippen molar-refractivity contribution in [3.63, 3.8) is 0 Å². The minimum absolute atomic E-state index is 0.423. The topological polar surface area (TPSA) is 56.5 Å². The lowest BCUT2D eigenvalue weighted by molar-refractivity contribution is 0.255. The van der Waals surface area contributed by atoms with Crippen LogP contribution in [0.3, 0.4) is 0 Å². The van der Waals surface area contributed by atoms with Crippen LogP contribution in [0.5, 0.6) is 11.5 Å². The summed E-state index contributed by atoms with van der Waals surface area (Å²) in [6, 6.07) is 6.33. The Morgan fingerprint density at radius 2 is 2.06 bits per heavy atom. The molecule has 0 amide bonds. The maximum atomic E-state index is 5.77. The van der Waals surface area contributed by atoms with Crippen LogP contribution < -0.4 is 20.5 Å². The molecule has 1 aliphatic rings. The second-order valence-corrected chi connectivity index (χ2v) is 4.91. The van der Waals surface area contributed by atoms with Crippen LogP contribution in [0.1, 0.15) is 18.4 Å². The van der Waals surface area contributed by atoms with Gasteiger partial charge < -0.3 is 20.5 Å². The number of nitrogens with two attached hydrogens (primary N) is 1. The summed E-state index contributed by atoms with van der Waals surface area (Å²) in [5.41, 5.74) is 6.92. The Kier molecular flexibility index (Phi) is 4.44. The minimum atomic E-state index is 0.423. The minimum Gasteiger partial charge on any atom is -0.497 e. The number of nitrogens with one attached hydrogen (secondary N) is 1. The molecule has 100 valence electrons. The van der Waals surface area contributed by atoms with E-state index in [4.69, 9.17) is 15.2 Å². The zero-order valence-corrected chi connectivity index (χ0v) is 11.1. The highest BCUT2D eigenvalue weighted by molar-refractivity contribution is 5.40. The van der Waals surface area contributed by atoms with Crippen LogP contribution in [0.15, 0.2) is 18.2 Å². The third-order valence-corrected chi connectivity index (χ3v) is 3.51. The van der Waals surface area contributed by atoms with Crippen molar-refractivity contribution < 1.29 is 9.47 Å². The lowest BCUT2D eigenvalue weighted by Crippen LogP contribution is -2.41. The van der Waals surface area contributed by atoms with E-state index in [1.165, 1.54) is 0 Å².